The third-order valence-corrected chi connectivity index (χ3v) is 1.77. The van der Waals surface area contributed by atoms with Crippen LogP contribution in [0.25, 0.3) is 0 Å². The summed E-state index contributed by atoms with van der Waals surface area (Å²) in [5.41, 5.74) is 6.56. The van der Waals surface area contributed by atoms with E-state index in [0.29, 0.717) is 11.3 Å². The quantitative estimate of drug-likeness (QED) is 0.751. The van der Waals surface area contributed by atoms with Gasteiger partial charge in [-0.25, -0.2) is 4.98 Å². The van der Waals surface area contributed by atoms with Crippen LogP contribution in [0.4, 0.5) is 4.39 Å². The second-order valence-electron chi connectivity index (χ2n) is 3.04. The minimum absolute atomic E-state index is 0. The molecule has 0 aliphatic rings. The lowest BCUT2D eigenvalue weighted by molar-refractivity contribution is 0.550. The summed E-state index contributed by atoms with van der Waals surface area (Å²) in [5, 5.41) is 0. The number of hydrogen-bond acceptors (Lipinski definition) is 2. The van der Waals surface area contributed by atoms with E-state index in [0.717, 1.165) is 0 Å². The molecule has 2 nitrogen and oxygen atoms in total. The van der Waals surface area contributed by atoms with Gasteiger partial charge in [-0.05, 0) is 12.0 Å². The molecule has 0 bridgehead atoms. The van der Waals surface area contributed by atoms with Crippen molar-refractivity contribution in [2.45, 2.75) is 26.3 Å². The summed E-state index contributed by atoms with van der Waals surface area (Å²) in [6.45, 7) is 4.15. The molecule has 0 aromatic carbocycles. The van der Waals surface area contributed by atoms with Crippen LogP contribution in [-0.4, -0.2) is 4.98 Å². The van der Waals surface area contributed by atoms with E-state index >= 15 is 0 Å². The lowest BCUT2D eigenvalue weighted by atomic mass is 10.1. The maximum absolute atomic E-state index is 13.1. The Labute approximate surface area is 83.8 Å². The Morgan fingerprint density at radius 1 is 1.46 bits per heavy atom. The summed E-state index contributed by atoms with van der Waals surface area (Å²) in [6.07, 6.45) is 0. The van der Waals surface area contributed by atoms with Gasteiger partial charge in [0.1, 0.15) is 0 Å². The standard InChI is InChI=1S/C9H13FN2.ClH/c1-6(2)8-4-3-7(5-11)12-9(8)10;/h3-4,6H,5,11H2,1-2H3;1H. The number of nitrogens with two attached hydrogens (primary N) is 1. The van der Waals surface area contributed by atoms with Crippen molar-refractivity contribution in [2.75, 3.05) is 0 Å². The largest absolute Gasteiger partial charge is 0.325 e. The zero-order chi connectivity index (χ0) is 9.14. The highest BCUT2D eigenvalue weighted by molar-refractivity contribution is 5.85. The van der Waals surface area contributed by atoms with Gasteiger partial charge in [0.2, 0.25) is 5.95 Å². The van der Waals surface area contributed by atoms with Gasteiger partial charge in [0.05, 0.1) is 5.69 Å². The molecule has 1 heterocycles. The van der Waals surface area contributed by atoms with Crippen molar-refractivity contribution in [1.29, 1.82) is 0 Å². The van der Waals surface area contributed by atoms with Crippen molar-refractivity contribution >= 4 is 12.4 Å². The Morgan fingerprint density at radius 3 is 2.46 bits per heavy atom. The van der Waals surface area contributed by atoms with E-state index in [9.17, 15) is 4.39 Å². The van der Waals surface area contributed by atoms with Gasteiger partial charge in [-0.15, -0.1) is 12.4 Å². The van der Waals surface area contributed by atoms with Gasteiger partial charge in [0.25, 0.3) is 0 Å². The average molecular weight is 205 g/mol. The smallest absolute Gasteiger partial charge is 0.216 e. The lowest BCUT2D eigenvalue weighted by Gasteiger charge is -2.06. The Morgan fingerprint density at radius 2 is 2.08 bits per heavy atom. The number of rotatable bonds is 2. The molecule has 0 fully saturated rings. The lowest BCUT2D eigenvalue weighted by Crippen LogP contribution is -2.04. The van der Waals surface area contributed by atoms with E-state index in [4.69, 9.17) is 5.73 Å². The summed E-state index contributed by atoms with van der Waals surface area (Å²) < 4.78 is 13.1. The maximum atomic E-state index is 13.1. The van der Waals surface area contributed by atoms with Crippen LogP contribution in [-0.2, 0) is 6.54 Å². The van der Waals surface area contributed by atoms with Crippen LogP contribution >= 0.6 is 12.4 Å². The maximum Gasteiger partial charge on any atom is 0.216 e. The minimum atomic E-state index is -0.395. The van der Waals surface area contributed by atoms with Crippen molar-refractivity contribution in [3.63, 3.8) is 0 Å². The topological polar surface area (TPSA) is 38.9 Å². The molecule has 0 amide bonds. The fourth-order valence-corrected chi connectivity index (χ4v) is 1.03. The molecule has 1 rings (SSSR count). The Kier molecular flexibility index (Phi) is 4.88. The Balaban J connectivity index is 0.00000144. The third-order valence-electron chi connectivity index (χ3n) is 1.77. The number of nitrogens with zero attached hydrogens (tertiary/aromatic N) is 1. The monoisotopic (exact) mass is 204 g/mol. The van der Waals surface area contributed by atoms with E-state index in [2.05, 4.69) is 4.98 Å². The normalized spacial score (nSPS) is 9.92. The number of halogens is 2. The highest BCUT2D eigenvalue weighted by Crippen LogP contribution is 2.16. The predicted molar refractivity (Wildman–Crippen MR) is 53.4 cm³/mol. The fourth-order valence-electron chi connectivity index (χ4n) is 1.03. The molecule has 0 aliphatic carbocycles. The minimum Gasteiger partial charge on any atom is -0.325 e. The van der Waals surface area contributed by atoms with Crippen molar-refractivity contribution in [3.8, 4) is 0 Å². The molecule has 74 valence electrons. The average Bonchev–Trinajstić information content (AvgIpc) is 2.03. The summed E-state index contributed by atoms with van der Waals surface area (Å²) in [5.74, 6) is -0.225. The molecule has 4 heteroatoms. The molecule has 1 aromatic heterocycles. The molecule has 2 N–H and O–H groups in total. The third kappa shape index (κ3) is 2.94. The predicted octanol–water partition coefficient (Wildman–Crippen LogP) is 2.22. The van der Waals surface area contributed by atoms with Crippen LogP contribution in [0.3, 0.4) is 0 Å². The molecular weight excluding hydrogens is 191 g/mol. The van der Waals surface area contributed by atoms with Crippen LogP contribution in [0.5, 0.6) is 0 Å². The van der Waals surface area contributed by atoms with Crippen molar-refractivity contribution in [2.24, 2.45) is 5.73 Å². The van der Waals surface area contributed by atoms with Crippen molar-refractivity contribution in [3.05, 3.63) is 29.3 Å². The number of pyridine rings is 1. The fraction of sp³-hybridized carbons (Fsp3) is 0.444. The summed E-state index contributed by atoms with van der Waals surface area (Å²) in [4.78, 5) is 3.72. The van der Waals surface area contributed by atoms with Gasteiger partial charge >= 0.3 is 0 Å². The van der Waals surface area contributed by atoms with Crippen molar-refractivity contribution in [1.82, 2.24) is 4.98 Å². The van der Waals surface area contributed by atoms with Gasteiger partial charge < -0.3 is 5.73 Å². The van der Waals surface area contributed by atoms with E-state index in [1.165, 1.54) is 0 Å². The summed E-state index contributed by atoms with van der Waals surface area (Å²) in [7, 11) is 0. The van der Waals surface area contributed by atoms with E-state index in [1.807, 2.05) is 13.8 Å². The molecule has 0 spiro atoms. The van der Waals surface area contributed by atoms with Gasteiger partial charge in [-0.3, -0.25) is 0 Å². The molecule has 0 saturated carbocycles. The first-order chi connectivity index (χ1) is 5.65. The van der Waals surface area contributed by atoms with Gasteiger partial charge in [-0.1, -0.05) is 19.9 Å². The molecule has 13 heavy (non-hydrogen) atoms. The first-order valence-corrected chi connectivity index (χ1v) is 4.00. The SMILES string of the molecule is CC(C)c1ccc(CN)nc1F.Cl. The van der Waals surface area contributed by atoms with Gasteiger partial charge in [-0.2, -0.15) is 4.39 Å². The first-order valence-electron chi connectivity index (χ1n) is 4.00. The second-order valence-corrected chi connectivity index (χ2v) is 3.04. The Hall–Kier alpha value is -0.670. The molecule has 0 atom stereocenters. The van der Waals surface area contributed by atoms with E-state index < -0.39 is 5.95 Å². The highest BCUT2D eigenvalue weighted by Gasteiger charge is 2.07. The summed E-state index contributed by atoms with van der Waals surface area (Å²) in [6, 6.07) is 3.51. The zero-order valence-electron chi connectivity index (χ0n) is 7.75. The van der Waals surface area contributed by atoms with Crippen LogP contribution in [0.15, 0.2) is 12.1 Å². The number of hydrogen-bond donors (Lipinski definition) is 1. The first kappa shape index (κ1) is 12.3. The van der Waals surface area contributed by atoms with Crippen molar-refractivity contribution < 1.29 is 4.39 Å². The molecule has 1 aromatic rings. The Bertz CT molecular complexity index is 276. The van der Waals surface area contributed by atoms with E-state index in [1.54, 1.807) is 12.1 Å². The highest BCUT2D eigenvalue weighted by atomic mass is 35.5. The molecular formula is C9H14ClFN2. The van der Waals surface area contributed by atoms with Crippen LogP contribution < -0.4 is 5.73 Å². The van der Waals surface area contributed by atoms with Crippen LogP contribution in [0.2, 0.25) is 0 Å². The summed E-state index contributed by atoms with van der Waals surface area (Å²) >= 11 is 0. The molecule has 0 unspecified atom stereocenters. The molecule has 0 aliphatic heterocycles. The second kappa shape index (κ2) is 5.14. The van der Waals surface area contributed by atoms with Crippen LogP contribution in [0.1, 0.15) is 31.0 Å². The molecule has 0 radical (unpaired) electrons. The number of aromatic nitrogens is 1. The van der Waals surface area contributed by atoms with E-state index in [-0.39, 0.29) is 24.9 Å². The van der Waals surface area contributed by atoms with Gasteiger partial charge in [0.15, 0.2) is 0 Å². The molecule has 0 saturated heterocycles. The van der Waals surface area contributed by atoms with Gasteiger partial charge in [0, 0.05) is 12.1 Å². The van der Waals surface area contributed by atoms with Crippen LogP contribution in [0, 0.1) is 5.95 Å². The zero-order valence-corrected chi connectivity index (χ0v) is 8.57.